The molecule has 0 aliphatic rings. The molecule has 6 heteroatoms. The fourth-order valence-electron chi connectivity index (χ4n) is 1.64. The van der Waals surface area contributed by atoms with E-state index in [1.807, 2.05) is 12.1 Å². The molecule has 18 heavy (non-hydrogen) atoms. The molecular weight excluding hydrogens is 236 g/mol. The van der Waals surface area contributed by atoms with Gasteiger partial charge in [0, 0.05) is 5.39 Å². The summed E-state index contributed by atoms with van der Waals surface area (Å²) in [5.41, 5.74) is 0.819. The molecule has 0 radical (unpaired) electrons. The first-order valence-corrected chi connectivity index (χ1v) is 5.51. The lowest BCUT2D eigenvalue weighted by atomic mass is 10.0. The highest BCUT2D eigenvalue weighted by atomic mass is 16.4. The lowest BCUT2D eigenvalue weighted by molar-refractivity contribution is -0.0791. The maximum atomic E-state index is 9.83. The Morgan fingerprint density at radius 3 is 2.50 bits per heavy atom. The number of benzene rings is 1. The third kappa shape index (κ3) is 2.46. The van der Waals surface area contributed by atoms with E-state index in [9.17, 15) is 15.3 Å². The van der Waals surface area contributed by atoms with Crippen LogP contribution in [0.4, 0.5) is 0 Å². The van der Waals surface area contributed by atoms with Gasteiger partial charge in [-0.05, 0) is 12.1 Å². The molecule has 0 saturated carbocycles. The molecule has 3 atom stereocenters. The largest absolute Gasteiger partial charge is 0.394 e. The van der Waals surface area contributed by atoms with E-state index in [1.165, 1.54) is 0 Å². The van der Waals surface area contributed by atoms with Crippen LogP contribution in [-0.4, -0.2) is 49.4 Å². The first kappa shape index (κ1) is 12.8. The van der Waals surface area contributed by atoms with Gasteiger partial charge in [-0.25, -0.2) is 0 Å². The van der Waals surface area contributed by atoms with E-state index in [2.05, 4.69) is 10.2 Å². The molecule has 0 saturated heterocycles. The predicted molar refractivity (Wildman–Crippen MR) is 63.6 cm³/mol. The van der Waals surface area contributed by atoms with Crippen molar-refractivity contribution in [2.75, 3.05) is 6.61 Å². The van der Waals surface area contributed by atoms with Crippen molar-refractivity contribution in [3.63, 3.8) is 0 Å². The number of aliphatic hydroxyl groups excluding tert-OH is 4. The Bertz CT molecular complexity index is 534. The SMILES string of the molecule is OC[C@@H](O)[C@@H](O)[C@H](O)c1cc2ccccc2nn1. The van der Waals surface area contributed by atoms with E-state index < -0.39 is 24.9 Å². The van der Waals surface area contributed by atoms with Crippen LogP contribution in [-0.2, 0) is 0 Å². The summed E-state index contributed by atoms with van der Waals surface area (Å²) in [7, 11) is 0. The first-order chi connectivity index (χ1) is 8.63. The third-order valence-corrected chi connectivity index (χ3v) is 2.72. The van der Waals surface area contributed by atoms with Crippen LogP contribution in [0.1, 0.15) is 11.8 Å². The molecule has 1 aromatic carbocycles. The van der Waals surface area contributed by atoms with Gasteiger partial charge in [0.1, 0.15) is 18.3 Å². The van der Waals surface area contributed by atoms with E-state index in [4.69, 9.17) is 5.11 Å². The smallest absolute Gasteiger partial charge is 0.126 e. The Morgan fingerprint density at radius 1 is 1.06 bits per heavy atom. The van der Waals surface area contributed by atoms with Gasteiger partial charge >= 0.3 is 0 Å². The Kier molecular flexibility index (Phi) is 3.83. The zero-order chi connectivity index (χ0) is 13.1. The second-order valence-electron chi connectivity index (χ2n) is 4.01. The highest BCUT2D eigenvalue weighted by molar-refractivity contribution is 5.77. The van der Waals surface area contributed by atoms with Crippen LogP contribution >= 0.6 is 0 Å². The quantitative estimate of drug-likeness (QED) is 0.576. The number of fused-ring (bicyclic) bond motifs is 1. The average molecular weight is 250 g/mol. The van der Waals surface area contributed by atoms with Crippen molar-refractivity contribution < 1.29 is 20.4 Å². The molecule has 0 bridgehead atoms. The summed E-state index contributed by atoms with van der Waals surface area (Å²) in [5.74, 6) is 0. The minimum atomic E-state index is -1.51. The summed E-state index contributed by atoms with van der Waals surface area (Å²) < 4.78 is 0. The normalized spacial score (nSPS) is 16.4. The second kappa shape index (κ2) is 5.36. The zero-order valence-electron chi connectivity index (χ0n) is 9.51. The van der Waals surface area contributed by atoms with Crippen LogP contribution in [0.15, 0.2) is 30.3 Å². The van der Waals surface area contributed by atoms with Gasteiger partial charge in [0.2, 0.25) is 0 Å². The van der Waals surface area contributed by atoms with Crippen molar-refractivity contribution in [1.29, 1.82) is 0 Å². The van der Waals surface area contributed by atoms with Crippen LogP contribution in [0.3, 0.4) is 0 Å². The third-order valence-electron chi connectivity index (χ3n) is 2.72. The van der Waals surface area contributed by atoms with E-state index in [0.717, 1.165) is 5.39 Å². The highest BCUT2D eigenvalue weighted by Gasteiger charge is 2.26. The molecule has 6 nitrogen and oxygen atoms in total. The lowest BCUT2D eigenvalue weighted by Crippen LogP contribution is -2.35. The maximum absolute atomic E-state index is 9.83. The molecule has 96 valence electrons. The van der Waals surface area contributed by atoms with Gasteiger partial charge in [0.05, 0.1) is 17.8 Å². The van der Waals surface area contributed by atoms with Gasteiger partial charge in [-0.1, -0.05) is 18.2 Å². The van der Waals surface area contributed by atoms with Gasteiger partial charge in [-0.3, -0.25) is 0 Å². The van der Waals surface area contributed by atoms with Crippen molar-refractivity contribution in [2.24, 2.45) is 0 Å². The minimum Gasteiger partial charge on any atom is -0.394 e. The minimum absolute atomic E-state index is 0.147. The predicted octanol–water partition coefficient (Wildman–Crippen LogP) is -0.623. The summed E-state index contributed by atoms with van der Waals surface area (Å²) in [4.78, 5) is 0. The van der Waals surface area contributed by atoms with Crippen molar-refractivity contribution in [3.8, 4) is 0 Å². The number of rotatable bonds is 4. The van der Waals surface area contributed by atoms with Crippen LogP contribution in [0, 0.1) is 0 Å². The Hall–Kier alpha value is -1.60. The van der Waals surface area contributed by atoms with E-state index >= 15 is 0 Å². The fourth-order valence-corrected chi connectivity index (χ4v) is 1.64. The molecule has 1 heterocycles. The van der Waals surface area contributed by atoms with Gasteiger partial charge in [0.25, 0.3) is 0 Å². The molecule has 0 aliphatic carbocycles. The molecule has 0 fully saturated rings. The topological polar surface area (TPSA) is 107 Å². The summed E-state index contributed by atoms with van der Waals surface area (Å²) in [6.07, 6.45) is -4.33. The van der Waals surface area contributed by atoms with Crippen molar-refractivity contribution in [2.45, 2.75) is 18.3 Å². The van der Waals surface area contributed by atoms with E-state index in [0.29, 0.717) is 5.52 Å². The van der Waals surface area contributed by atoms with Crippen LogP contribution in [0.5, 0.6) is 0 Å². The number of nitrogens with zero attached hydrogens (tertiary/aromatic N) is 2. The number of aliphatic hydroxyl groups is 4. The molecule has 0 aliphatic heterocycles. The van der Waals surface area contributed by atoms with Crippen LogP contribution in [0.25, 0.3) is 10.9 Å². The standard InChI is InChI=1S/C12H14N2O4/c15-6-10(16)12(18)11(17)9-5-7-3-1-2-4-8(7)13-14-9/h1-5,10-12,15-18H,6H2/t10-,11-,12-/m1/s1. The Balaban J connectivity index is 2.30. The zero-order valence-corrected chi connectivity index (χ0v) is 9.51. The molecule has 1 aromatic heterocycles. The van der Waals surface area contributed by atoms with Crippen molar-refractivity contribution >= 4 is 10.9 Å². The van der Waals surface area contributed by atoms with Gasteiger partial charge in [-0.15, -0.1) is 0 Å². The lowest BCUT2D eigenvalue weighted by Gasteiger charge is -2.20. The fraction of sp³-hybridized carbons (Fsp3) is 0.333. The molecule has 0 unspecified atom stereocenters. The number of aromatic nitrogens is 2. The van der Waals surface area contributed by atoms with Crippen molar-refractivity contribution in [1.82, 2.24) is 10.2 Å². The number of hydrogen-bond acceptors (Lipinski definition) is 6. The van der Waals surface area contributed by atoms with E-state index in [1.54, 1.807) is 18.2 Å². The summed E-state index contributed by atoms with van der Waals surface area (Å²) in [6, 6.07) is 8.80. The monoisotopic (exact) mass is 250 g/mol. The molecular formula is C12H14N2O4. The second-order valence-corrected chi connectivity index (χ2v) is 4.01. The number of hydrogen-bond donors (Lipinski definition) is 4. The Labute approximate surface area is 103 Å². The summed E-state index contributed by atoms with van der Waals surface area (Å²) >= 11 is 0. The summed E-state index contributed by atoms with van der Waals surface area (Å²) in [6.45, 7) is -0.640. The van der Waals surface area contributed by atoms with Gasteiger partial charge in [-0.2, -0.15) is 10.2 Å². The van der Waals surface area contributed by atoms with Gasteiger partial charge in [0.15, 0.2) is 0 Å². The molecule has 2 rings (SSSR count). The van der Waals surface area contributed by atoms with E-state index in [-0.39, 0.29) is 5.69 Å². The molecule has 0 spiro atoms. The Morgan fingerprint density at radius 2 is 1.78 bits per heavy atom. The molecule has 0 amide bonds. The molecule has 2 aromatic rings. The average Bonchev–Trinajstić information content (AvgIpc) is 2.44. The summed E-state index contributed by atoms with van der Waals surface area (Å²) in [5, 5.41) is 45.9. The van der Waals surface area contributed by atoms with Crippen molar-refractivity contribution in [3.05, 3.63) is 36.0 Å². The van der Waals surface area contributed by atoms with Crippen LogP contribution < -0.4 is 0 Å². The van der Waals surface area contributed by atoms with Crippen LogP contribution in [0.2, 0.25) is 0 Å². The first-order valence-electron chi connectivity index (χ1n) is 5.51. The van der Waals surface area contributed by atoms with Gasteiger partial charge < -0.3 is 20.4 Å². The highest BCUT2D eigenvalue weighted by Crippen LogP contribution is 2.20. The molecule has 4 N–H and O–H groups in total. The maximum Gasteiger partial charge on any atom is 0.126 e.